The van der Waals surface area contributed by atoms with Crippen LogP contribution in [-0.4, -0.2) is 28.6 Å². The number of carbonyl (C=O) groups is 1. The zero-order valence-corrected chi connectivity index (χ0v) is 10.0. The summed E-state index contributed by atoms with van der Waals surface area (Å²) in [6.07, 6.45) is 5.63. The molecule has 1 aliphatic heterocycles. The van der Waals surface area contributed by atoms with Gasteiger partial charge in [0.2, 0.25) is 5.91 Å². The van der Waals surface area contributed by atoms with Crippen LogP contribution in [0.15, 0.2) is 0 Å². The monoisotopic (exact) mass is 210 g/mol. The standard InChI is InChI=1S/C12H22N2O/c1-4-6-10-13-12(7-8-12)11(15)14(10)9(3)5-2/h9-10,13H,4-8H2,1-3H3. The average Bonchev–Trinajstić information content (AvgIpc) is 2.93. The quantitative estimate of drug-likeness (QED) is 0.768. The van der Waals surface area contributed by atoms with Gasteiger partial charge >= 0.3 is 0 Å². The summed E-state index contributed by atoms with van der Waals surface area (Å²) in [7, 11) is 0. The van der Waals surface area contributed by atoms with Gasteiger partial charge < -0.3 is 4.90 Å². The molecule has 15 heavy (non-hydrogen) atoms. The van der Waals surface area contributed by atoms with Crippen molar-refractivity contribution >= 4 is 5.91 Å². The zero-order valence-electron chi connectivity index (χ0n) is 10.0. The minimum Gasteiger partial charge on any atom is -0.323 e. The van der Waals surface area contributed by atoms with E-state index in [9.17, 15) is 4.79 Å². The molecule has 0 radical (unpaired) electrons. The van der Waals surface area contributed by atoms with Crippen LogP contribution in [0.2, 0.25) is 0 Å². The fourth-order valence-corrected chi connectivity index (χ4v) is 2.51. The van der Waals surface area contributed by atoms with Crippen molar-refractivity contribution in [3.05, 3.63) is 0 Å². The summed E-state index contributed by atoms with van der Waals surface area (Å²) in [6, 6.07) is 0.376. The van der Waals surface area contributed by atoms with E-state index in [-0.39, 0.29) is 5.54 Å². The smallest absolute Gasteiger partial charge is 0.244 e. The van der Waals surface area contributed by atoms with E-state index in [0.717, 1.165) is 32.1 Å². The highest BCUT2D eigenvalue weighted by Crippen LogP contribution is 2.43. The summed E-state index contributed by atoms with van der Waals surface area (Å²) >= 11 is 0. The second-order valence-electron chi connectivity index (χ2n) is 5.00. The molecule has 3 heteroatoms. The maximum absolute atomic E-state index is 12.2. The van der Waals surface area contributed by atoms with Crippen LogP contribution >= 0.6 is 0 Å². The summed E-state index contributed by atoms with van der Waals surface area (Å²) in [5.41, 5.74) is -0.136. The summed E-state index contributed by atoms with van der Waals surface area (Å²) in [4.78, 5) is 14.3. The Hall–Kier alpha value is -0.570. The number of carbonyl (C=O) groups excluding carboxylic acids is 1. The van der Waals surface area contributed by atoms with Gasteiger partial charge in [0.25, 0.3) is 0 Å². The molecule has 2 fully saturated rings. The molecule has 3 nitrogen and oxygen atoms in total. The first kappa shape index (κ1) is 10.9. The van der Waals surface area contributed by atoms with E-state index in [4.69, 9.17) is 0 Å². The lowest BCUT2D eigenvalue weighted by Gasteiger charge is -2.29. The highest BCUT2D eigenvalue weighted by atomic mass is 16.2. The Kier molecular flexibility index (Phi) is 2.75. The summed E-state index contributed by atoms with van der Waals surface area (Å²) in [5, 5.41) is 3.53. The molecular weight excluding hydrogens is 188 g/mol. The molecule has 0 aromatic heterocycles. The molecule has 2 rings (SSSR count). The minimum absolute atomic E-state index is 0.136. The fourth-order valence-electron chi connectivity index (χ4n) is 2.51. The molecule has 0 bridgehead atoms. The van der Waals surface area contributed by atoms with Crippen molar-refractivity contribution < 1.29 is 4.79 Å². The van der Waals surface area contributed by atoms with Crippen molar-refractivity contribution in [1.29, 1.82) is 0 Å². The van der Waals surface area contributed by atoms with Gasteiger partial charge in [-0.1, -0.05) is 20.3 Å². The lowest BCUT2D eigenvalue weighted by Crippen LogP contribution is -2.42. The van der Waals surface area contributed by atoms with E-state index in [1.165, 1.54) is 0 Å². The van der Waals surface area contributed by atoms with Crippen molar-refractivity contribution in [1.82, 2.24) is 10.2 Å². The van der Waals surface area contributed by atoms with E-state index < -0.39 is 0 Å². The second kappa shape index (κ2) is 3.78. The predicted molar refractivity (Wildman–Crippen MR) is 60.4 cm³/mol. The van der Waals surface area contributed by atoms with Crippen molar-refractivity contribution in [2.75, 3.05) is 0 Å². The third-order valence-corrected chi connectivity index (χ3v) is 3.80. The number of amides is 1. The van der Waals surface area contributed by atoms with Gasteiger partial charge in [-0.15, -0.1) is 0 Å². The van der Waals surface area contributed by atoms with Gasteiger partial charge in [0.15, 0.2) is 0 Å². The first-order valence-corrected chi connectivity index (χ1v) is 6.25. The van der Waals surface area contributed by atoms with E-state index >= 15 is 0 Å². The van der Waals surface area contributed by atoms with Crippen LogP contribution in [0, 0.1) is 0 Å². The molecule has 1 N–H and O–H groups in total. The lowest BCUT2D eigenvalue weighted by atomic mass is 10.1. The summed E-state index contributed by atoms with van der Waals surface area (Å²) < 4.78 is 0. The first-order chi connectivity index (χ1) is 7.14. The zero-order chi connectivity index (χ0) is 11.1. The van der Waals surface area contributed by atoms with Crippen molar-refractivity contribution in [3.8, 4) is 0 Å². The fraction of sp³-hybridized carbons (Fsp3) is 0.917. The Morgan fingerprint density at radius 3 is 2.67 bits per heavy atom. The van der Waals surface area contributed by atoms with Crippen molar-refractivity contribution in [2.24, 2.45) is 0 Å². The number of hydrogen-bond acceptors (Lipinski definition) is 2. The van der Waals surface area contributed by atoms with Gasteiger partial charge in [-0.25, -0.2) is 0 Å². The third kappa shape index (κ3) is 1.67. The number of nitrogens with zero attached hydrogens (tertiary/aromatic N) is 1. The van der Waals surface area contributed by atoms with Crippen LogP contribution in [0.25, 0.3) is 0 Å². The molecular formula is C12H22N2O. The summed E-state index contributed by atoms with van der Waals surface area (Å²) in [5.74, 6) is 0.357. The molecule has 1 saturated carbocycles. The maximum Gasteiger partial charge on any atom is 0.244 e. The van der Waals surface area contributed by atoms with E-state index in [2.05, 4.69) is 31.0 Å². The molecule has 1 spiro atoms. The molecule has 1 heterocycles. The number of hydrogen-bond donors (Lipinski definition) is 1. The van der Waals surface area contributed by atoms with Crippen LogP contribution in [0.3, 0.4) is 0 Å². The molecule has 86 valence electrons. The molecule has 1 amide bonds. The van der Waals surface area contributed by atoms with Crippen LogP contribution in [0.4, 0.5) is 0 Å². The molecule has 1 aliphatic carbocycles. The van der Waals surface area contributed by atoms with Crippen LogP contribution < -0.4 is 5.32 Å². The van der Waals surface area contributed by atoms with Gasteiger partial charge in [0.05, 0.1) is 11.7 Å². The number of nitrogens with one attached hydrogen (secondary N) is 1. The minimum atomic E-state index is -0.136. The largest absolute Gasteiger partial charge is 0.323 e. The van der Waals surface area contributed by atoms with Crippen molar-refractivity contribution in [3.63, 3.8) is 0 Å². The topological polar surface area (TPSA) is 32.3 Å². The molecule has 1 saturated heterocycles. The predicted octanol–water partition coefficient (Wildman–Crippen LogP) is 1.88. The van der Waals surface area contributed by atoms with Crippen LogP contribution in [0.5, 0.6) is 0 Å². The van der Waals surface area contributed by atoms with E-state index in [0.29, 0.717) is 18.1 Å². The van der Waals surface area contributed by atoms with Crippen LogP contribution in [0.1, 0.15) is 52.9 Å². The average molecular weight is 210 g/mol. The highest BCUT2D eigenvalue weighted by molar-refractivity contribution is 5.92. The lowest BCUT2D eigenvalue weighted by molar-refractivity contribution is -0.132. The van der Waals surface area contributed by atoms with E-state index in [1.807, 2.05) is 0 Å². The van der Waals surface area contributed by atoms with Gasteiger partial charge in [-0.2, -0.15) is 0 Å². The second-order valence-corrected chi connectivity index (χ2v) is 5.00. The highest BCUT2D eigenvalue weighted by Gasteiger charge is 2.59. The third-order valence-electron chi connectivity index (χ3n) is 3.80. The Morgan fingerprint density at radius 2 is 2.20 bits per heavy atom. The molecule has 0 aromatic carbocycles. The van der Waals surface area contributed by atoms with Gasteiger partial charge in [0, 0.05) is 6.04 Å². The summed E-state index contributed by atoms with van der Waals surface area (Å²) in [6.45, 7) is 6.49. The van der Waals surface area contributed by atoms with Gasteiger partial charge in [0.1, 0.15) is 0 Å². The van der Waals surface area contributed by atoms with E-state index in [1.54, 1.807) is 0 Å². The van der Waals surface area contributed by atoms with Crippen LogP contribution in [-0.2, 0) is 4.79 Å². The Labute approximate surface area is 92.2 Å². The SMILES string of the molecule is CCCC1NC2(CC2)C(=O)N1C(C)CC. The Bertz CT molecular complexity index is 260. The van der Waals surface area contributed by atoms with Gasteiger partial charge in [-0.05, 0) is 32.6 Å². The van der Waals surface area contributed by atoms with Crippen molar-refractivity contribution in [2.45, 2.75) is 70.6 Å². The Morgan fingerprint density at radius 1 is 1.53 bits per heavy atom. The molecule has 2 atom stereocenters. The molecule has 0 aromatic rings. The van der Waals surface area contributed by atoms with Gasteiger partial charge in [-0.3, -0.25) is 10.1 Å². The normalized spacial score (nSPS) is 29.9. The Balaban J connectivity index is 2.13. The molecule has 2 aliphatic rings. The number of rotatable bonds is 4. The first-order valence-electron chi connectivity index (χ1n) is 6.25. The molecule has 2 unspecified atom stereocenters. The maximum atomic E-state index is 12.2.